The first-order chi connectivity index (χ1) is 7.10. The molecule has 15 heavy (non-hydrogen) atoms. The van der Waals surface area contributed by atoms with Gasteiger partial charge in [-0.25, -0.2) is 0 Å². The Morgan fingerprint density at radius 1 is 1.53 bits per heavy atom. The fourth-order valence-electron chi connectivity index (χ4n) is 1.31. The number of carbonyl (C=O) groups is 1. The monoisotopic (exact) mass is 227 g/mol. The van der Waals surface area contributed by atoms with Gasteiger partial charge in [0, 0.05) is 11.4 Å². The molecule has 0 aliphatic rings. The first-order valence-electron chi connectivity index (χ1n) is 4.67. The number of ether oxygens (including phenoxy) is 1. The Kier molecular flexibility index (Phi) is 4.12. The van der Waals surface area contributed by atoms with Crippen LogP contribution in [0.15, 0.2) is 12.1 Å². The maximum Gasteiger partial charge on any atom is 0.167 e. The van der Waals surface area contributed by atoms with E-state index in [2.05, 4.69) is 0 Å². The molecule has 4 heteroatoms. The van der Waals surface area contributed by atoms with Crippen molar-refractivity contribution in [2.75, 3.05) is 13.7 Å². The minimum Gasteiger partial charge on any atom is -0.496 e. The normalized spacial score (nSPS) is 10.1. The number of hydrogen-bond donors (Lipinski definition) is 1. The molecule has 0 bridgehead atoms. The van der Waals surface area contributed by atoms with Crippen LogP contribution in [0.5, 0.6) is 5.75 Å². The first-order valence-corrected chi connectivity index (χ1v) is 5.05. The van der Waals surface area contributed by atoms with Gasteiger partial charge in [0.1, 0.15) is 5.75 Å². The maximum absolute atomic E-state index is 11.7. The van der Waals surface area contributed by atoms with E-state index in [9.17, 15) is 4.79 Å². The van der Waals surface area contributed by atoms with Crippen LogP contribution in [0, 0.1) is 6.92 Å². The Bertz CT molecular complexity index is 377. The van der Waals surface area contributed by atoms with Crippen LogP contribution in [-0.4, -0.2) is 19.4 Å². The van der Waals surface area contributed by atoms with Crippen molar-refractivity contribution in [3.8, 4) is 5.75 Å². The summed E-state index contributed by atoms with van der Waals surface area (Å²) < 4.78 is 5.13. The van der Waals surface area contributed by atoms with Crippen molar-refractivity contribution < 1.29 is 9.53 Å². The predicted octanol–water partition coefficient (Wildman–Crippen LogP) is 2.19. The van der Waals surface area contributed by atoms with E-state index in [0.717, 1.165) is 5.56 Å². The fraction of sp³-hybridized carbons (Fsp3) is 0.364. The number of hydrogen-bond acceptors (Lipinski definition) is 3. The molecule has 0 spiro atoms. The van der Waals surface area contributed by atoms with Gasteiger partial charge in [0.15, 0.2) is 5.78 Å². The van der Waals surface area contributed by atoms with E-state index in [0.29, 0.717) is 29.3 Å². The Morgan fingerprint density at radius 3 is 2.73 bits per heavy atom. The van der Waals surface area contributed by atoms with Gasteiger partial charge in [0.2, 0.25) is 0 Å². The van der Waals surface area contributed by atoms with Crippen molar-refractivity contribution in [1.82, 2.24) is 0 Å². The maximum atomic E-state index is 11.7. The van der Waals surface area contributed by atoms with Crippen LogP contribution >= 0.6 is 11.6 Å². The lowest BCUT2D eigenvalue weighted by molar-refractivity contribution is 0.0982. The molecule has 0 radical (unpaired) electrons. The van der Waals surface area contributed by atoms with E-state index in [1.165, 1.54) is 7.11 Å². The van der Waals surface area contributed by atoms with Gasteiger partial charge in [-0.2, -0.15) is 0 Å². The third-order valence-electron chi connectivity index (χ3n) is 2.15. The van der Waals surface area contributed by atoms with Crippen molar-refractivity contribution in [2.45, 2.75) is 13.3 Å². The Morgan fingerprint density at radius 2 is 2.20 bits per heavy atom. The molecule has 0 amide bonds. The lowest BCUT2D eigenvalue weighted by atomic mass is 10.0. The number of Topliss-reactive ketones (excluding diaryl/α,β-unsaturated/α-hetero) is 1. The van der Waals surface area contributed by atoms with Gasteiger partial charge in [-0.3, -0.25) is 4.79 Å². The van der Waals surface area contributed by atoms with Crippen LogP contribution in [0.1, 0.15) is 22.3 Å². The van der Waals surface area contributed by atoms with Crippen molar-refractivity contribution >= 4 is 17.4 Å². The van der Waals surface area contributed by atoms with Crippen LogP contribution in [0.4, 0.5) is 0 Å². The van der Waals surface area contributed by atoms with Gasteiger partial charge >= 0.3 is 0 Å². The molecular formula is C11H14ClNO2. The van der Waals surface area contributed by atoms with Gasteiger partial charge in [-0.05, 0) is 31.2 Å². The molecule has 0 heterocycles. The molecule has 1 aromatic rings. The summed E-state index contributed by atoms with van der Waals surface area (Å²) in [5, 5.41) is 0.566. The fourth-order valence-corrected chi connectivity index (χ4v) is 1.47. The van der Waals surface area contributed by atoms with Crippen molar-refractivity contribution in [3.05, 3.63) is 28.3 Å². The smallest absolute Gasteiger partial charge is 0.167 e. The van der Waals surface area contributed by atoms with Gasteiger partial charge in [0.05, 0.1) is 12.7 Å². The number of halogens is 1. The molecule has 0 unspecified atom stereocenters. The SMILES string of the molecule is COc1cc(C)c(Cl)cc1C(=O)CCN. The quantitative estimate of drug-likeness (QED) is 0.803. The summed E-state index contributed by atoms with van der Waals surface area (Å²) in [5.74, 6) is 0.506. The Hall–Kier alpha value is -1.06. The molecule has 0 saturated heterocycles. The highest BCUT2D eigenvalue weighted by molar-refractivity contribution is 6.31. The lowest BCUT2D eigenvalue weighted by Crippen LogP contribution is -2.09. The summed E-state index contributed by atoms with van der Waals surface area (Å²) in [6.45, 7) is 2.19. The second-order valence-corrected chi connectivity index (χ2v) is 3.67. The summed E-state index contributed by atoms with van der Waals surface area (Å²) in [5.41, 5.74) is 6.72. The highest BCUT2D eigenvalue weighted by Crippen LogP contribution is 2.27. The van der Waals surface area contributed by atoms with Crippen LogP contribution in [0.2, 0.25) is 5.02 Å². The lowest BCUT2D eigenvalue weighted by Gasteiger charge is -2.09. The Balaban J connectivity index is 3.15. The van der Waals surface area contributed by atoms with Crippen LogP contribution in [0.3, 0.4) is 0 Å². The molecule has 0 atom stereocenters. The van der Waals surface area contributed by atoms with Gasteiger partial charge in [-0.15, -0.1) is 0 Å². The zero-order chi connectivity index (χ0) is 11.4. The highest BCUT2D eigenvalue weighted by Gasteiger charge is 2.13. The molecule has 0 fully saturated rings. The zero-order valence-corrected chi connectivity index (χ0v) is 9.60. The number of benzene rings is 1. The second kappa shape index (κ2) is 5.14. The predicted molar refractivity (Wildman–Crippen MR) is 60.7 cm³/mol. The van der Waals surface area contributed by atoms with E-state index in [4.69, 9.17) is 22.1 Å². The number of aryl methyl sites for hydroxylation is 1. The van der Waals surface area contributed by atoms with E-state index in [1.807, 2.05) is 6.92 Å². The molecule has 0 aliphatic carbocycles. The van der Waals surface area contributed by atoms with Crippen LogP contribution < -0.4 is 10.5 Å². The average molecular weight is 228 g/mol. The van der Waals surface area contributed by atoms with E-state index >= 15 is 0 Å². The van der Waals surface area contributed by atoms with Crippen molar-refractivity contribution in [3.63, 3.8) is 0 Å². The topological polar surface area (TPSA) is 52.3 Å². The highest BCUT2D eigenvalue weighted by atomic mass is 35.5. The molecule has 1 aromatic carbocycles. The standard InChI is InChI=1S/C11H14ClNO2/c1-7-5-11(15-2)8(6-9(7)12)10(14)3-4-13/h5-6H,3-4,13H2,1-2H3. The third kappa shape index (κ3) is 2.70. The van der Waals surface area contributed by atoms with Crippen LogP contribution in [0.25, 0.3) is 0 Å². The molecule has 2 N–H and O–H groups in total. The van der Waals surface area contributed by atoms with Crippen molar-refractivity contribution in [2.24, 2.45) is 5.73 Å². The van der Waals surface area contributed by atoms with Gasteiger partial charge in [-0.1, -0.05) is 11.6 Å². The zero-order valence-electron chi connectivity index (χ0n) is 8.84. The molecule has 0 aromatic heterocycles. The van der Waals surface area contributed by atoms with E-state index in [-0.39, 0.29) is 5.78 Å². The molecule has 3 nitrogen and oxygen atoms in total. The third-order valence-corrected chi connectivity index (χ3v) is 2.56. The Labute approximate surface area is 94.2 Å². The van der Waals surface area contributed by atoms with E-state index in [1.54, 1.807) is 12.1 Å². The molecule has 1 rings (SSSR count). The summed E-state index contributed by atoms with van der Waals surface area (Å²) in [7, 11) is 1.53. The minimum absolute atomic E-state index is 0.0451. The number of carbonyl (C=O) groups excluding carboxylic acids is 1. The summed E-state index contributed by atoms with van der Waals surface area (Å²) >= 11 is 5.95. The number of methoxy groups -OCH3 is 1. The molecule has 0 aliphatic heterocycles. The average Bonchev–Trinajstić information content (AvgIpc) is 2.21. The first kappa shape index (κ1) is 12.0. The summed E-state index contributed by atoms with van der Waals surface area (Å²) in [6.07, 6.45) is 0.301. The summed E-state index contributed by atoms with van der Waals surface area (Å²) in [6, 6.07) is 3.39. The van der Waals surface area contributed by atoms with Crippen molar-refractivity contribution in [1.29, 1.82) is 0 Å². The molecular weight excluding hydrogens is 214 g/mol. The molecule has 82 valence electrons. The van der Waals surface area contributed by atoms with Gasteiger partial charge < -0.3 is 10.5 Å². The largest absolute Gasteiger partial charge is 0.496 e. The summed E-state index contributed by atoms with van der Waals surface area (Å²) in [4.78, 5) is 11.7. The van der Waals surface area contributed by atoms with E-state index < -0.39 is 0 Å². The minimum atomic E-state index is -0.0451. The number of nitrogens with two attached hydrogens (primary N) is 1. The number of ketones is 1. The molecule has 0 saturated carbocycles. The van der Waals surface area contributed by atoms with Gasteiger partial charge in [0.25, 0.3) is 0 Å². The van der Waals surface area contributed by atoms with Crippen LogP contribution in [-0.2, 0) is 0 Å². The second-order valence-electron chi connectivity index (χ2n) is 3.26. The number of rotatable bonds is 4.